The average molecular weight is 224 g/mol. The van der Waals surface area contributed by atoms with Crippen molar-refractivity contribution in [2.75, 3.05) is 18.2 Å². The molecule has 1 fully saturated rings. The number of nitrogens with zero attached hydrogens (tertiary/aromatic N) is 1. The molecule has 0 amide bonds. The summed E-state index contributed by atoms with van der Waals surface area (Å²) in [5.74, 6) is 1.85. The molecule has 0 bridgehead atoms. The molecule has 15 heavy (non-hydrogen) atoms. The Hall–Kier alpha value is -0.900. The number of methoxy groups -OCH3 is 1. The lowest BCUT2D eigenvalue weighted by atomic mass is 10.2. The van der Waals surface area contributed by atoms with Crippen LogP contribution in [0.15, 0.2) is 18.3 Å². The Labute approximate surface area is 94.6 Å². The van der Waals surface area contributed by atoms with Crippen molar-refractivity contribution in [1.82, 2.24) is 4.98 Å². The second kappa shape index (κ2) is 4.75. The number of hydrogen-bond donors (Lipinski definition) is 1. The molecule has 1 N–H and O–H groups in total. The molecule has 3 nitrogen and oxygen atoms in total. The standard InChI is InChI=1S/C11H16N2OS/c1-8-6-9(7-15-8)13-10-4-3-5-12-11(10)14-2/h3-5,8-9,13H,6-7H2,1-2H3. The van der Waals surface area contributed by atoms with Gasteiger partial charge >= 0.3 is 0 Å². The van der Waals surface area contributed by atoms with Gasteiger partial charge in [0.15, 0.2) is 0 Å². The van der Waals surface area contributed by atoms with Gasteiger partial charge < -0.3 is 10.1 Å². The minimum Gasteiger partial charge on any atom is -0.480 e. The number of anilines is 1. The van der Waals surface area contributed by atoms with Crippen LogP contribution in [0.5, 0.6) is 5.88 Å². The zero-order valence-corrected chi connectivity index (χ0v) is 9.88. The van der Waals surface area contributed by atoms with Crippen LogP contribution in [0.1, 0.15) is 13.3 Å². The largest absolute Gasteiger partial charge is 0.480 e. The molecule has 0 aliphatic carbocycles. The van der Waals surface area contributed by atoms with Crippen LogP contribution in [0.2, 0.25) is 0 Å². The summed E-state index contributed by atoms with van der Waals surface area (Å²) in [6.07, 6.45) is 2.96. The number of pyridine rings is 1. The van der Waals surface area contributed by atoms with Gasteiger partial charge in [0.25, 0.3) is 0 Å². The lowest BCUT2D eigenvalue weighted by Crippen LogP contribution is -2.19. The molecule has 1 aromatic heterocycles. The van der Waals surface area contributed by atoms with Gasteiger partial charge in [-0.2, -0.15) is 11.8 Å². The molecular formula is C11H16N2OS. The highest BCUT2D eigenvalue weighted by atomic mass is 32.2. The van der Waals surface area contributed by atoms with Crippen LogP contribution in [0.25, 0.3) is 0 Å². The van der Waals surface area contributed by atoms with Crippen molar-refractivity contribution in [3.05, 3.63) is 18.3 Å². The second-order valence-electron chi connectivity index (χ2n) is 3.78. The lowest BCUT2D eigenvalue weighted by molar-refractivity contribution is 0.399. The molecule has 1 aliphatic rings. The third kappa shape index (κ3) is 2.56. The van der Waals surface area contributed by atoms with E-state index >= 15 is 0 Å². The predicted molar refractivity (Wildman–Crippen MR) is 64.7 cm³/mol. The third-order valence-corrected chi connectivity index (χ3v) is 3.88. The smallest absolute Gasteiger partial charge is 0.237 e. The Morgan fingerprint density at radius 2 is 2.47 bits per heavy atom. The molecule has 1 aromatic rings. The maximum Gasteiger partial charge on any atom is 0.237 e. The van der Waals surface area contributed by atoms with Crippen LogP contribution in [0.3, 0.4) is 0 Å². The molecular weight excluding hydrogens is 208 g/mol. The van der Waals surface area contributed by atoms with E-state index in [9.17, 15) is 0 Å². The van der Waals surface area contributed by atoms with E-state index in [0.717, 1.165) is 10.9 Å². The fourth-order valence-corrected chi connectivity index (χ4v) is 2.95. The molecule has 82 valence electrons. The first-order chi connectivity index (χ1) is 7.29. The van der Waals surface area contributed by atoms with Crippen LogP contribution < -0.4 is 10.1 Å². The van der Waals surface area contributed by atoms with E-state index in [4.69, 9.17) is 4.74 Å². The first-order valence-electron chi connectivity index (χ1n) is 5.16. The first-order valence-corrected chi connectivity index (χ1v) is 6.21. The van der Waals surface area contributed by atoms with E-state index in [1.807, 2.05) is 23.9 Å². The summed E-state index contributed by atoms with van der Waals surface area (Å²) in [5.41, 5.74) is 1.000. The molecule has 0 aromatic carbocycles. The summed E-state index contributed by atoms with van der Waals surface area (Å²) >= 11 is 2.01. The zero-order valence-electron chi connectivity index (χ0n) is 9.06. The van der Waals surface area contributed by atoms with Crippen molar-refractivity contribution in [3.8, 4) is 5.88 Å². The van der Waals surface area contributed by atoms with Crippen molar-refractivity contribution in [2.24, 2.45) is 0 Å². The molecule has 2 unspecified atom stereocenters. The van der Waals surface area contributed by atoms with Crippen LogP contribution >= 0.6 is 11.8 Å². The van der Waals surface area contributed by atoms with Gasteiger partial charge in [0.2, 0.25) is 5.88 Å². The highest BCUT2D eigenvalue weighted by Gasteiger charge is 2.22. The number of thioether (sulfide) groups is 1. The Balaban J connectivity index is 2.04. The highest BCUT2D eigenvalue weighted by Crippen LogP contribution is 2.30. The van der Waals surface area contributed by atoms with Gasteiger partial charge in [-0.15, -0.1) is 0 Å². The van der Waals surface area contributed by atoms with Crippen LogP contribution in [-0.4, -0.2) is 29.1 Å². The van der Waals surface area contributed by atoms with Crippen molar-refractivity contribution < 1.29 is 4.74 Å². The van der Waals surface area contributed by atoms with Gasteiger partial charge in [0.1, 0.15) is 0 Å². The Morgan fingerprint density at radius 1 is 1.60 bits per heavy atom. The Bertz CT molecular complexity index is 332. The molecule has 0 saturated carbocycles. The lowest BCUT2D eigenvalue weighted by Gasteiger charge is -2.14. The molecule has 1 saturated heterocycles. The third-order valence-electron chi connectivity index (χ3n) is 2.52. The molecule has 0 spiro atoms. The van der Waals surface area contributed by atoms with Crippen molar-refractivity contribution in [3.63, 3.8) is 0 Å². The summed E-state index contributed by atoms with van der Waals surface area (Å²) in [7, 11) is 1.65. The molecule has 2 rings (SSSR count). The normalized spacial score (nSPS) is 25.2. The SMILES string of the molecule is COc1ncccc1NC1CSC(C)C1. The summed E-state index contributed by atoms with van der Waals surface area (Å²) in [6.45, 7) is 2.27. The summed E-state index contributed by atoms with van der Waals surface area (Å²) in [5, 5.41) is 4.24. The topological polar surface area (TPSA) is 34.1 Å². The fraction of sp³-hybridized carbons (Fsp3) is 0.545. The van der Waals surface area contributed by atoms with E-state index < -0.39 is 0 Å². The quantitative estimate of drug-likeness (QED) is 0.855. The van der Waals surface area contributed by atoms with E-state index in [2.05, 4.69) is 17.2 Å². The maximum atomic E-state index is 5.20. The van der Waals surface area contributed by atoms with Gasteiger partial charge in [-0.3, -0.25) is 0 Å². The first kappa shape index (κ1) is 10.6. The minimum absolute atomic E-state index is 0.545. The maximum absolute atomic E-state index is 5.20. The van der Waals surface area contributed by atoms with E-state index in [1.54, 1.807) is 13.3 Å². The highest BCUT2D eigenvalue weighted by molar-refractivity contribution is 8.00. The van der Waals surface area contributed by atoms with Gasteiger partial charge in [-0.25, -0.2) is 4.98 Å². The van der Waals surface area contributed by atoms with Gasteiger partial charge in [-0.05, 0) is 18.6 Å². The average Bonchev–Trinajstić information content (AvgIpc) is 2.65. The number of nitrogens with one attached hydrogen (secondary N) is 1. The zero-order chi connectivity index (χ0) is 10.7. The number of ether oxygens (including phenoxy) is 1. The van der Waals surface area contributed by atoms with Gasteiger partial charge in [0.05, 0.1) is 12.8 Å². The summed E-state index contributed by atoms with van der Waals surface area (Å²) in [6, 6.07) is 4.48. The van der Waals surface area contributed by atoms with Crippen LogP contribution in [-0.2, 0) is 0 Å². The number of rotatable bonds is 3. The van der Waals surface area contributed by atoms with Gasteiger partial charge in [0, 0.05) is 23.2 Å². The van der Waals surface area contributed by atoms with E-state index in [0.29, 0.717) is 11.9 Å². The molecule has 0 radical (unpaired) electrons. The second-order valence-corrected chi connectivity index (χ2v) is 5.25. The molecule has 4 heteroatoms. The number of aromatic nitrogens is 1. The van der Waals surface area contributed by atoms with Crippen LogP contribution in [0.4, 0.5) is 5.69 Å². The van der Waals surface area contributed by atoms with E-state index in [1.165, 1.54) is 12.2 Å². The fourth-order valence-electron chi connectivity index (χ4n) is 1.80. The Morgan fingerprint density at radius 3 is 3.13 bits per heavy atom. The van der Waals surface area contributed by atoms with Crippen molar-refractivity contribution in [2.45, 2.75) is 24.6 Å². The van der Waals surface area contributed by atoms with E-state index in [-0.39, 0.29) is 0 Å². The number of hydrogen-bond acceptors (Lipinski definition) is 4. The molecule has 2 heterocycles. The van der Waals surface area contributed by atoms with Crippen LogP contribution in [0, 0.1) is 0 Å². The van der Waals surface area contributed by atoms with Crippen molar-refractivity contribution in [1.29, 1.82) is 0 Å². The summed E-state index contributed by atoms with van der Waals surface area (Å²) in [4.78, 5) is 4.17. The molecule has 1 aliphatic heterocycles. The minimum atomic E-state index is 0.545. The Kier molecular flexibility index (Phi) is 3.36. The van der Waals surface area contributed by atoms with Gasteiger partial charge in [-0.1, -0.05) is 6.92 Å². The van der Waals surface area contributed by atoms with Crippen molar-refractivity contribution >= 4 is 17.4 Å². The summed E-state index contributed by atoms with van der Waals surface area (Å²) < 4.78 is 5.20. The predicted octanol–water partition coefficient (Wildman–Crippen LogP) is 2.40. The molecule has 2 atom stereocenters. The monoisotopic (exact) mass is 224 g/mol.